The Hall–Kier alpha value is -6.13. The summed E-state index contributed by atoms with van der Waals surface area (Å²) >= 11 is 6.40. The first-order chi connectivity index (χ1) is 26.5. The molecule has 0 bridgehead atoms. The summed E-state index contributed by atoms with van der Waals surface area (Å²) in [5, 5.41) is 14.8. The minimum absolute atomic E-state index is 0.0416. The van der Waals surface area contributed by atoms with Crippen LogP contribution in [-0.4, -0.2) is 39.5 Å². The van der Waals surface area contributed by atoms with Gasteiger partial charge in [-0.3, -0.25) is 34.3 Å². The monoisotopic (exact) mass is 753 g/mol. The van der Waals surface area contributed by atoms with Crippen LogP contribution in [0, 0.1) is 29.5 Å². The fourth-order valence-electron chi connectivity index (χ4n) is 9.66. The lowest BCUT2D eigenvalue weighted by Gasteiger charge is -2.51. The Balaban J connectivity index is 1.26. The summed E-state index contributed by atoms with van der Waals surface area (Å²) in [4.78, 5) is 72.4. The average molecular weight is 754 g/mol. The van der Waals surface area contributed by atoms with Gasteiger partial charge >= 0.3 is 0 Å². The molecule has 1 saturated carbocycles. The summed E-state index contributed by atoms with van der Waals surface area (Å²) in [7, 11) is 0. The number of phenols is 1. The summed E-state index contributed by atoms with van der Waals surface area (Å²) in [6, 6.07) is 29.2. The SMILES string of the molecule is CC(=O)c1ccc(N2C(=O)C3CC=C4C(CC5C(=O)N(Nc6ccc(F)cc6)C(=O)C5(c5ccc(Cl)cc5)C4c4c(O)ccc5ccccc45)C3C2=O)cc1. The number of carbonyl (C=O) groups is 5. The number of allylic oxidation sites excluding steroid dienone is 2. The van der Waals surface area contributed by atoms with Gasteiger partial charge in [0.1, 0.15) is 11.6 Å². The Morgan fingerprint density at radius 3 is 2.25 bits per heavy atom. The fraction of sp³-hybridized carbons (Fsp3) is 0.205. The molecule has 9 nitrogen and oxygen atoms in total. The van der Waals surface area contributed by atoms with Crippen molar-refractivity contribution < 1.29 is 33.5 Å². The molecular weight excluding hydrogens is 721 g/mol. The first-order valence-electron chi connectivity index (χ1n) is 18.1. The average Bonchev–Trinajstić information content (AvgIpc) is 3.57. The minimum Gasteiger partial charge on any atom is -0.508 e. The number of imide groups is 2. The molecule has 0 aromatic heterocycles. The van der Waals surface area contributed by atoms with E-state index in [-0.39, 0.29) is 30.3 Å². The zero-order valence-electron chi connectivity index (χ0n) is 29.4. The molecule has 9 rings (SSSR count). The molecule has 0 spiro atoms. The van der Waals surface area contributed by atoms with Crippen molar-refractivity contribution in [3.05, 3.63) is 148 Å². The van der Waals surface area contributed by atoms with Crippen LogP contribution >= 0.6 is 11.6 Å². The molecule has 4 aliphatic rings. The van der Waals surface area contributed by atoms with Crippen LogP contribution in [0.25, 0.3) is 10.8 Å². The van der Waals surface area contributed by atoms with E-state index in [0.717, 1.165) is 10.4 Å². The molecule has 2 N–H and O–H groups in total. The molecule has 3 fully saturated rings. The topological polar surface area (TPSA) is 124 Å². The molecule has 4 amide bonds. The lowest BCUT2D eigenvalue weighted by Crippen LogP contribution is -2.53. The van der Waals surface area contributed by atoms with Gasteiger partial charge in [-0.25, -0.2) is 4.39 Å². The maximum atomic E-state index is 15.5. The third-order valence-electron chi connectivity index (χ3n) is 12.0. The van der Waals surface area contributed by atoms with Crippen LogP contribution in [0.4, 0.5) is 15.8 Å². The van der Waals surface area contributed by atoms with Crippen molar-refractivity contribution in [3.63, 3.8) is 0 Å². The van der Waals surface area contributed by atoms with E-state index in [1.807, 2.05) is 30.3 Å². The van der Waals surface area contributed by atoms with E-state index < -0.39 is 58.5 Å². The van der Waals surface area contributed by atoms with Crippen LogP contribution in [0.3, 0.4) is 0 Å². The molecule has 2 saturated heterocycles. The highest BCUT2D eigenvalue weighted by molar-refractivity contribution is 6.30. The second-order valence-electron chi connectivity index (χ2n) is 14.7. The van der Waals surface area contributed by atoms with Crippen molar-refractivity contribution >= 4 is 63.2 Å². The zero-order valence-corrected chi connectivity index (χ0v) is 30.2. The van der Waals surface area contributed by atoms with E-state index in [0.29, 0.717) is 44.0 Å². The second-order valence-corrected chi connectivity index (χ2v) is 15.1. The Labute approximate surface area is 320 Å². The van der Waals surface area contributed by atoms with Gasteiger partial charge in [-0.1, -0.05) is 65.7 Å². The molecular formula is C44H33ClFN3O6. The van der Waals surface area contributed by atoms with E-state index in [1.165, 1.54) is 36.1 Å². The number of Topliss-reactive ketones (excluding diaryl/α,β-unsaturated/α-hetero) is 1. The maximum Gasteiger partial charge on any atom is 0.260 e. The zero-order chi connectivity index (χ0) is 38.3. The Kier molecular flexibility index (Phi) is 8.02. The van der Waals surface area contributed by atoms with Gasteiger partial charge in [0.2, 0.25) is 11.8 Å². The second kappa shape index (κ2) is 12.7. The fourth-order valence-corrected chi connectivity index (χ4v) is 9.78. The van der Waals surface area contributed by atoms with E-state index in [2.05, 4.69) is 5.43 Å². The van der Waals surface area contributed by atoms with Crippen molar-refractivity contribution in [3.8, 4) is 5.75 Å². The van der Waals surface area contributed by atoms with E-state index in [1.54, 1.807) is 60.7 Å². The smallest absolute Gasteiger partial charge is 0.260 e. The number of hydrogen-bond donors (Lipinski definition) is 2. The molecule has 2 aliphatic carbocycles. The Morgan fingerprint density at radius 1 is 0.836 bits per heavy atom. The predicted molar refractivity (Wildman–Crippen MR) is 204 cm³/mol. The van der Waals surface area contributed by atoms with Gasteiger partial charge in [0, 0.05) is 22.1 Å². The number of aromatic hydroxyl groups is 1. The number of halogens is 2. The molecule has 11 heteroatoms. The predicted octanol–water partition coefficient (Wildman–Crippen LogP) is 7.73. The highest BCUT2D eigenvalue weighted by Gasteiger charge is 2.71. The number of hydrogen-bond acceptors (Lipinski definition) is 7. The van der Waals surface area contributed by atoms with Crippen molar-refractivity contribution in [2.75, 3.05) is 10.3 Å². The van der Waals surface area contributed by atoms with Crippen LogP contribution in [-0.2, 0) is 24.6 Å². The lowest BCUT2D eigenvalue weighted by molar-refractivity contribution is -0.138. The standard InChI is InChI=1S/C44H33ClFN3O6/c1-23(50)24-6-17-30(18-7-24)48-40(52)33-20-19-32-34(37(33)42(48)54)22-35-41(53)49(47-29-15-13-28(46)14-16-29)43(55)44(35,26-9-11-27(45)12-10-26)39(32)38-31-5-3-2-4-25(31)8-21-36(38)51/h2-19,21,33-35,37,39,47,51H,20,22H2,1H3. The van der Waals surface area contributed by atoms with E-state index in [9.17, 15) is 28.7 Å². The highest BCUT2D eigenvalue weighted by atomic mass is 35.5. The first-order valence-corrected chi connectivity index (χ1v) is 18.4. The van der Waals surface area contributed by atoms with E-state index >= 15 is 4.79 Å². The summed E-state index contributed by atoms with van der Waals surface area (Å²) in [5.41, 5.74) is 3.97. The molecule has 6 atom stereocenters. The summed E-state index contributed by atoms with van der Waals surface area (Å²) in [5.74, 6) is -7.04. The first kappa shape index (κ1) is 34.6. The number of hydrazine groups is 1. The number of anilines is 2. The molecule has 2 heterocycles. The van der Waals surface area contributed by atoms with Crippen molar-refractivity contribution in [1.29, 1.82) is 0 Å². The number of ketones is 1. The molecule has 6 unspecified atom stereocenters. The summed E-state index contributed by atoms with van der Waals surface area (Å²) in [6.45, 7) is 1.44. The van der Waals surface area contributed by atoms with Crippen LogP contribution in [0.1, 0.15) is 47.2 Å². The number of nitrogens with zero attached hydrogens (tertiary/aromatic N) is 2. The number of rotatable bonds is 6. The molecule has 55 heavy (non-hydrogen) atoms. The van der Waals surface area contributed by atoms with Gasteiger partial charge in [-0.15, -0.1) is 0 Å². The van der Waals surface area contributed by atoms with Crippen LogP contribution < -0.4 is 10.3 Å². The quantitative estimate of drug-likeness (QED) is 0.103. The number of amides is 4. The van der Waals surface area contributed by atoms with Gasteiger partial charge in [0.05, 0.1) is 34.5 Å². The minimum atomic E-state index is -1.65. The summed E-state index contributed by atoms with van der Waals surface area (Å²) < 4.78 is 14.0. The number of nitrogens with one attached hydrogen (secondary N) is 1. The van der Waals surface area contributed by atoms with Crippen LogP contribution in [0.5, 0.6) is 5.75 Å². The van der Waals surface area contributed by atoms with Gasteiger partial charge in [-0.2, -0.15) is 5.01 Å². The molecule has 2 aliphatic heterocycles. The van der Waals surface area contributed by atoms with Crippen LogP contribution in [0.15, 0.2) is 121 Å². The van der Waals surface area contributed by atoms with Crippen LogP contribution in [0.2, 0.25) is 5.02 Å². The third-order valence-corrected chi connectivity index (χ3v) is 12.3. The number of benzene rings is 5. The molecule has 5 aromatic rings. The third kappa shape index (κ3) is 5.08. The van der Waals surface area contributed by atoms with Gasteiger partial charge in [0.15, 0.2) is 5.78 Å². The molecule has 274 valence electrons. The van der Waals surface area contributed by atoms with E-state index in [4.69, 9.17) is 11.6 Å². The normalized spacial score (nSPS) is 25.8. The Morgan fingerprint density at radius 2 is 1.55 bits per heavy atom. The van der Waals surface area contributed by atoms with Crippen molar-refractivity contribution in [2.24, 2.45) is 23.7 Å². The van der Waals surface area contributed by atoms with Gasteiger partial charge in [-0.05, 0) is 109 Å². The van der Waals surface area contributed by atoms with Crippen molar-refractivity contribution in [1.82, 2.24) is 5.01 Å². The highest BCUT2D eigenvalue weighted by Crippen LogP contribution is 2.65. The Bertz CT molecular complexity index is 2500. The largest absolute Gasteiger partial charge is 0.508 e. The summed E-state index contributed by atoms with van der Waals surface area (Å²) in [6.07, 6.45) is 2.15. The molecule has 0 radical (unpaired) electrons. The molecule has 5 aromatic carbocycles. The lowest BCUT2D eigenvalue weighted by atomic mass is 9.48. The number of carbonyl (C=O) groups excluding carboxylic acids is 5. The number of phenolic OH excluding ortho intramolecular Hbond substituents is 1. The van der Waals surface area contributed by atoms with Gasteiger partial charge < -0.3 is 5.11 Å². The van der Waals surface area contributed by atoms with Crippen molar-refractivity contribution in [2.45, 2.75) is 31.1 Å². The number of fused-ring (bicyclic) bond motifs is 5. The maximum absolute atomic E-state index is 15.5. The van der Waals surface area contributed by atoms with Gasteiger partial charge in [0.25, 0.3) is 11.8 Å².